The Morgan fingerprint density at radius 3 is 2.39 bits per heavy atom. The van der Waals surface area contributed by atoms with Gasteiger partial charge in [0.1, 0.15) is 11.9 Å². The predicted molar refractivity (Wildman–Crippen MR) is 75.1 cm³/mol. The molecule has 3 heteroatoms. The van der Waals surface area contributed by atoms with Gasteiger partial charge in [0.25, 0.3) is 0 Å². The van der Waals surface area contributed by atoms with Gasteiger partial charge in [-0.25, -0.2) is 0 Å². The molecule has 0 aliphatic rings. The lowest BCUT2D eigenvalue weighted by Crippen LogP contribution is -2.19. The standard InChI is InChI=1S/C15H25NO2/c1-5-10-16-13(3)14-6-8-15(9-7-14)18-12(2)11-17-4/h6-9,12-13,16H,5,10-11H2,1-4H3. The molecule has 1 aromatic rings. The van der Waals surface area contributed by atoms with Gasteiger partial charge in [-0.1, -0.05) is 19.1 Å². The van der Waals surface area contributed by atoms with Crippen LogP contribution in [0.15, 0.2) is 24.3 Å². The van der Waals surface area contributed by atoms with Crippen molar-refractivity contribution >= 4 is 0 Å². The van der Waals surface area contributed by atoms with E-state index in [9.17, 15) is 0 Å². The van der Waals surface area contributed by atoms with Gasteiger partial charge in [0.15, 0.2) is 0 Å². The van der Waals surface area contributed by atoms with E-state index in [1.165, 1.54) is 5.56 Å². The molecule has 0 heterocycles. The van der Waals surface area contributed by atoms with Gasteiger partial charge in [0.05, 0.1) is 6.61 Å². The lowest BCUT2D eigenvalue weighted by Gasteiger charge is -2.16. The number of nitrogens with one attached hydrogen (secondary N) is 1. The third kappa shape index (κ3) is 5.07. The summed E-state index contributed by atoms with van der Waals surface area (Å²) in [5.41, 5.74) is 1.29. The Kier molecular flexibility index (Phi) is 6.76. The molecule has 0 bridgehead atoms. The highest BCUT2D eigenvalue weighted by Crippen LogP contribution is 2.18. The first-order chi connectivity index (χ1) is 8.67. The highest BCUT2D eigenvalue weighted by atomic mass is 16.5. The summed E-state index contributed by atoms with van der Waals surface area (Å²) in [4.78, 5) is 0. The highest BCUT2D eigenvalue weighted by Gasteiger charge is 2.06. The maximum Gasteiger partial charge on any atom is 0.119 e. The Morgan fingerprint density at radius 1 is 1.17 bits per heavy atom. The van der Waals surface area contributed by atoms with Crippen LogP contribution in [0.1, 0.15) is 38.8 Å². The first-order valence-electron chi connectivity index (χ1n) is 6.66. The van der Waals surface area contributed by atoms with Crippen LogP contribution in [0.25, 0.3) is 0 Å². The molecule has 0 fully saturated rings. The SMILES string of the molecule is CCCNC(C)c1ccc(OC(C)COC)cc1. The molecule has 102 valence electrons. The molecule has 1 rings (SSSR count). The van der Waals surface area contributed by atoms with Crippen LogP contribution in [-0.2, 0) is 4.74 Å². The molecule has 2 unspecified atom stereocenters. The molecule has 0 saturated heterocycles. The number of benzene rings is 1. The second-order valence-electron chi connectivity index (χ2n) is 4.63. The molecule has 0 radical (unpaired) electrons. The van der Waals surface area contributed by atoms with E-state index < -0.39 is 0 Å². The first kappa shape index (κ1) is 15.0. The fraction of sp³-hybridized carbons (Fsp3) is 0.600. The zero-order valence-corrected chi connectivity index (χ0v) is 11.9. The monoisotopic (exact) mass is 251 g/mol. The maximum atomic E-state index is 5.73. The molecule has 3 nitrogen and oxygen atoms in total. The Morgan fingerprint density at radius 2 is 1.83 bits per heavy atom. The summed E-state index contributed by atoms with van der Waals surface area (Å²) < 4.78 is 10.8. The van der Waals surface area contributed by atoms with Crippen LogP contribution < -0.4 is 10.1 Å². The van der Waals surface area contributed by atoms with Gasteiger partial charge >= 0.3 is 0 Å². The molecule has 0 spiro atoms. The molecular formula is C15H25NO2. The summed E-state index contributed by atoms with van der Waals surface area (Å²) in [6.45, 7) is 8.01. The van der Waals surface area contributed by atoms with Crippen molar-refractivity contribution in [2.75, 3.05) is 20.3 Å². The molecule has 0 aliphatic carbocycles. The lowest BCUT2D eigenvalue weighted by molar-refractivity contribution is 0.0921. The van der Waals surface area contributed by atoms with E-state index in [0.29, 0.717) is 12.6 Å². The molecule has 2 atom stereocenters. The van der Waals surface area contributed by atoms with Crippen molar-refractivity contribution in [2.24, 2.45) is 0 Å². The topological polar surface area (TPSA) is 30.5 Å². The molecule has 0 aliphatic heterocycles. The van der Waals surface area contributed by atoms with Crippen LogP contribution in [0.3, 0.4) is 0 Å². The summed E-state index contributed by atoms with van der Waals surface area (Å²) in [6.07, 6.45) is 1.23. The number of rotatable bonds is 8. The normalized spacial score (nSPS) is 14.2. The van der Waals surface area contributed by atoms with E-state index in [2.05, 4.69) is 31.3 Å². The van der Waals surface area contributed by atoms with Crippen molar-refractivity contribution in [1.29, 1.82) is 0 Å². The van der Waals surface area contributed by atoms with E-state index in [0.717, 1.165) is 18.7 Å². The van der Waals surface area contributed by atoms with Crippen molar-refractivity contribution in [2.45, 2.75) is 39.3 Å². The Labute approximate surface area is 110 Å². The number of hydrogen-bond acceptors (Lipinski definition) is 3. The van der Waals surface area contributed by atoms with Crippen LogP contribution in [-0.4, -0.2) is 26.4 Å². The van der Waals surface area contributed by atoms with E-state index >= 15 is 0 Å². The third-order valence-corrected chi connectivity index (χ3v) is 2.82. The largest absolute Gasteiger partial charge is 0.488 e. The van der Waals surface area contributed by atoms with E-state index in [-0.39, 0.29) is 6.10 Å². The van der Waals surface area contributed by atoms with Gasteiger partial charge in [0.2, 0.25) is 0 Å². The van der Waals surface area contributed by atoms with Gasteiger partial charge in [0, 0.05) is 13.2 Å². The Bertz CT molecular complexity index is 324. The van der Waals surface area contributed by atoms with Gasteiger partial charge < -0.3 is 14.8 Å². The first-order valence-corrected chi connectivity index (χ1v) is 6.66. The van der Waals surface area contributed by atoms with Crippen molar-refractivity contribution in [3.8, 4) is 5.75 Å². The van der Waals surface area contributed by atoms with Crippen molar-refractivity contribution in [3.63, 3.8) is 0 Å². The summed E-state index contributed by atoms with van der Waals surface area (Å²) in [7, 11) is 1.68. The van der Waals surface area contributed by atoms with Crippen molar-refractivity contribution in [1.82, 2.24) is 5.32 Å². The third-order valence-electron chi connectivity index (χ3n) is 2.82. The average Bonchev–Trinajstić information content (AvgIpc) is 2.37. The smallest absolute Gasteiger partial charge is 0.119 e. The van der Waals surface area contributed by atoms with Crippen molar-refractivity contribution in [3.05, 3.63) is 29.8 Å². The molecule has 1 aromatic carbocycles. The Balaban J connectivity index is 2.51. The van der Waals surface area contributed by atoms with E-state index in [4.69, 9.17) is 9.47 Å². The van der Waals surface area contributed by atoms with E-state index in [1.807, 2.05) is 19.1 Å². The second-order valence-corrected chi connectivity index (χ2v) is 4.63. The molecule has 0 amide bonds. The minimum atomic E-state index is 0.0801. The molecular weight excluding hydrogens is 226 g/mol. The average molecular weight is 251 g/mol. The fourth-order valence-corrected chi connectivity index (χ4v) is 1.81. The maximum absolute atomic E-state index is 5.73. The van der Waals surface area contributed by atoms with E-state index in [1.54, 1.807) is 7.11 Å². The number of hydrogen-bond donors (Lipinski definition) is 1. The minimum absolute atomic E-state index is 0.0801. The van der Waals surface area contributed by atoms with Crippen LogP contribution in [0.2, 0.25) is 0 Å². The van der Waals surface area contributed by atoms with Crippen LogP contribution in [0.5, 0.6) is 5.75 Å². The van der Waals surface area contributed by atoms with Gasteiger partial charge in [-0.3, -0.25) is 0 Å². The zero-order chi connectivity index (χ0) is 13.4. The van der Waals surface area contributed by atoms with Crippen LogP contribution in [0.4, 0.5) is 0 Å². The summed E-state index contributed by atoms with van der Waals surface area (Å²) in [5.74, 6) is 0.894. The molecule has 1 N–H and O–H groups in total. The quantitative estimate of drug-likeness (QED) is 0.770. The zero-order valence-electron chi connectivity index (χ0n) is 11.9. The molecule has 18 heavy (non-hydrogen) atoms. The molecule has 0 aromatic heterocycles. The summed E-state index contributed by atoms with van der Waals surface area (Å²) >= 11 is 0. The van der Waals surface area contributed by atoms with Gasteiger partial charge in [-0.15, -0.1) is 0 Å². The second kappa shape index (κ2) is 8.11. The van der Waals surface area contributed by atoms with Crippen LogP contribution in [0, 0.1) is 0 Å². The lowest BCUT2D eigenvalue weighted by atomic mass is 10.1. The van der Waals surface area contributed by atoms with Gasteiger partial charge in [-0.2, -0.15) is 0 Å². The Hall–Kier alpha value is -1.06. The fourth-order valence-electron chi connectivity index (χ4n) is 1.81. The van der Waals surface area contributed by atoms with Crippen LogP contribution >= 0.6 is 0 Å². The number of ether oxygens (including phenoxy) is 2. The number of methoxy groups -OCH3 is 1. The predicted octanol–water partition coefficient (Wildman–Crippen LogP) is 3.16. The van der Waals surface area contributed by atoms with Gasteiger partial charge in [-0.05, 0) is 44.5 Å². The molecule has 0 saturated carbocycles. The summed E-state index contributed by atoms with van der Waals surface area (Å²) in [5, 5.41) is 3.47. The minimum Gasteiger partial charge on any atom is -0.488 e. The summed E-state index contributed by atoms with van der Waals surface area (Å²) in [6, 6.07) is 8.65. The highest BCUT2D eigenvalue weighted by molar-refractivity contribution is 5.29. The van der Waals surface area contributed by atoms with Crippen molar-refractivity contribution < 1.29 is 9.47 Å².